The summed E-state index contributed by atoms with van der Waals surface area (Å²) in [6.45, 7) is 13.2. The summed E-state index contributed by atoms with van der Waals surface area (Å²) in [5.41, 5.74) is 2.43. The number of thiazole rings is 1. The van der Waals surface area contributed by atoms with Crippen molar-refractivity contribution in [1.82, 2.24) is 20.1 Å². The molecule has 0 radical (unpaired) electrons. The second-order valence-electron chi connectivity index (χ2n) is 7.62. The van der Waals surface area contributed by atoms with Crippen LogP contribution >= 0.6 is 35.3 Å². The van der Waals surface area contributed by atoms with Crippen LogP contribution in [0.4, 0.5) is 5.69 Å². The van der Waals surface area contributed by atoms with E-state index in [1.807, 2.05) is 6.92 Å². The summed E-state index contributed by atoms with van der Waals surface area (Å²) in [4.78, 5) is 16.7. The number of hydrogen-bond acceptors (Lipinski definition) is 5. The van der Waals surface area contributed by atoms with Crippen molar-refractivity contribution in [2.75, 3.05) is 51.2 Å². The van der Waals surface area contributed by atoms with Crippen molar-refractivity contribution < 1.29 is 0 Å². The van der Waals surface area contributed by atoms with E-state index in [1.54, 1.807) is 11.3 Å². The summed E-state index contributed by atoms with van der Waals surface area (Å²) in [5.74, 6) is 0.952. The molecule has 0 saturated carbocycles. The molecule has 0 aliphatic carbocycles. The zero-order valence-corrected chi connectivity index (χ0v) is 21.7. The zero-order chi connectivity index (χ0) is 20.6. The number of aryl methyl sites for hydroxylation is 1. The Kier molecular flexibility index (Phi) is 10.3. The van der Waals surface area contributed by atoms with Crippen molar-refractivity contribution in [1.29, 1.82) is 0 Å². The van der Waals surface area contributed by atoms with Crippen LogP contribution in [-0.4, -0.2) is 73.1 Å². The van der Waals surface area contributed by atoms with Crippen LogP contribution in [-0.2, 0) is 6.54 Å². The summed E-state index contributed by atoms with van der Waals surface area (Å²) in [6.07, 6.45) is 0. The van der Waals surface area contributed by atoms with Crippen LogP contribution in [0.3, 0.4) is 0 Å². The molecule has 1 fully saturated rings. The number of rotatable bonds is 7. The van der Waals surface area contributed by atoms with E-state index in [0.717, 1.165) is 62.5 Å². The van der Waals surface area contributed by atoms with Gasteiger partial charge in [-0.2, -0.15) is 0 Å². The number of nitrogens with one attached hydrogen (secondary N) is 1. The van der Waals surface area contributed by atoms with Gasteiger partial charge in [0.05, 0.1) is 23.8 Å². The molecule has 3 rings (SSSR count). The monoisotopic (exact) mass is 542 g/mol. The van der Waals surface area contributed by atoms with Crippen LogP contribution in [0, 0.1) is 6.92 Å². The Hall–Kier alpha value is -1.39. The quantitative estimate of drug-likeness (QED) is 0.329. The van der Waals surface area contributed by atoms with Gasteiger partial charge in [0.25, 0.3) is 0 Å². The van der Waals surface area contributed by atoms with E-state index in [0.29, 0.717) is 6.04 Å². The maximum Gasteiger partial charge on any atom is 0.194 e. The number of para-hydroxylation sites is 1. The lowest BCUT2D eigenvalue weighted by Crippen LogP contribution is -2.50. The lowest BCUT2D eigenvalue weighted by atomic mass is 10.2. The third kappa shape index (κ3) is 7.09. The van der Waals surface area contributed by atoms with Gasteiger partial charge in [-0.15, -0.1) is 35.3 Å². The van der Waals surface area contributed by atoms with Gasteiger partial charge >= 0.3 is 0 Å². The minimum atomic E-state index is 0. The largest absolute Gasteiger partial charge is 0.369 e. The average molecular weight is 543 g/mol. The SMILES string of the molecule is CCNC(=NCC(C)N1CCN(c2ccccc2)CC1)N(C)Cc1csc(C)n1.I. The standard InChI is InChI=1S/C22H34N6S.HI/c1-5-23-22(26(4)16-20-17-29-19(3)25-20)24-15-18(2)27-11-13-28(14-12-27)21-9-7-6-8-10-21;/h6-10,17-18H,5,11-16H2,1-4H3,(H,23,24);1H. The van der Waals surface area contributed by atoms with E-state index in [9.17, 15) is 0 Å². The molecule has 8 heteroatoms. The zero-order valence-electron chi connectivity index (χ0n) is 18.5. The molecule has 1 N–H and O–H groups in total. The smallest absolute Gasteiger partial charge is 0.194 e. The van der Waals surface area contributed by atoms with Crippen LogP contribution in [0.1, 0.15) is 24.5 Å². The van der Waals surface area contributed by atoms with E-state index < -0.39 is 0 Å². The maximum atomic E-state index is 4.92. The minimum Gasteiger partial charge on any atom is -0.369 e. The number of piperazine rings is 1. The number of nitrogens with zero attached hydrogens (tertiary/aromatic N) is 5. The number of halogens is 1. The van der Waals surface area contributed by atoms with Crippen LogP contribution in [0.25, 0.3) is 0 Å². The average Bonchev–Trinajstić information content (AvgIpc) is 3.16. The summed E-state index contributed by atoms with van der Waals surface area (Å²) in [7, 11) is 2.08. The van der Waals surface area contributed by atoms with E-state index in [-0.39, 0.29) is 24.0 Å². The van der Waals surface area contributed by atoms with E-state index in [1.165, 1.54) is 5.69 Å². The molecular weight excluding hydrogens is 507 g/mol. The van der Waals surface area contributed by atoms with Crippen LogP contribution in [0.15, 0.2) is 40.7 Å². The summed E-state index contributed by atoms with van der Waals surface area (Å²) >= 11 is 1.70. The van der Waals surface area contributed by atoms with E-state index in [4.69, 9.17) is 4.99 Å². The molecule has 1 saturated heterocycles. The molecule has 2 aromatic rings. The number of aromatic nitrogens is 1. The first-order valence-electron chi connectivity index (χ1n) is 10.5. The Balaban J connectivity index is 0.00000320. The highest BCUT2D eigenvalue weighted by Gasteiger charge is 2.21. The van der Waals surface area contributed by atoms with E-state index >= 15 is 0 Å². The number of benzene rings is 1. The summed E-state index contributed by atoms with van der Waals surface area (Å²) in [6, 6.07) is 11.1. The molecule has 30 heavy (non-hydrogen) atoms. The van der Waals surface area contributed by atoms with Crippen molar-refractivity contribution in [3.8, 4) is 0 Å². The van der Waals surface area contributed by atoms with Gasteiger partial charge in [0.15, 0.2) is 5.96 Å². The molecule has 0 bridgehead atoms. The van der Waals surface area contributed by atoms with Crippen LogP contribution in [0.2, 0.25) is 0 Å². The fourth-order valence-corrected chi connectivity index (χ4v) is 4.27. The summed E-state index contributed by atoms with van der Waals surface area (Å²) in [5, 5.41) is 6.66. The summed E-state index contributed by atoms with van der Waals surface area (Å²) < 4.78 is 0. The molecule has 1 atom stereocenters. The highest BCUT2D eigenvalue weighted by atomic mass is 127. The van der Waals surface area contributed by atoms with Gasteiger partial charge in [-0.1, -0.05) is 18.2 Å². The molecule has 1 aliphatic heterocycles. The van der Waals surface area contributed by atoms with Crippen molar-refractivity contribution in [3.63, 3.8) is 0 Å². The predicted octanol–water partition coefficient (Wildman–Crippen LogP) is 3.68. The molecule has 166 valence electrons. The molecule has 0 amide bonds. The van der Waals surface area contributed by atoms with Gasteiger partial charge in [0.2, 0.25) is 0 Å². The lowest BCUT2D eigenvalue weighted by Gasteiger charge is -2.38. The molecule has 6 nitrogen and oxygen atoms in total. The highest BCUT2D eigenvalue weighted by molar-refractivity contribution is 14.0. The van der Waals surface area contributed by atoms with Gasteiger partial charge in [0.1, 0.15) is 0 Å². The number of aliphatic imine (C=N–C) groups is 1. The molecule has 1 aliphatic rings. The fourth-order valence-electron chi connectivity index (χ4n) is 3.66. The Morgan fingerprint density at radius 3 is 2.53 bits per heavy atom. The second kappa shape index (κ2) is 12.5. The van der Waals surface area contributed by atoms with Gasteiger partial charge in [0, 0.05) is 56.9 Å². The maximum absolute atomic E-state index is 4.92. The molecule has 0 spiro atoms. The Morgan fingerprint density at radius 2 is 1.93 bits per heavy atom. The number of hydrogen-bond donors (Lipinski definition) is 1. The predicted molar refractivity (Wildman–Crippen MR) is 139 cm³/mol. The van der Waals surface area contributed by atoms with Crippen molar-refractivity contribution in [2.45, 2.75) is 33.4 Å². The Bertz CT molecular complexity index is 773. The highest BCUT2D eigenvalue weighted by Crippen LogP contribution is 2.17. The molecule has 2 heterocycles. The van der Waals surface area contributed by atoms with Gasteiger partial charge in [-0.3, -0.25) is 9.89 Å². The molecular formula is C22H35IN6S. The van der Waals surface area contributed by atoms with Crippen LogP contribution in [0.5, 0.6) is 0 Å². The second-order valence-corrected chi connectivity index (χ2v) is 8.68. The third-order valence-corrected chi connectivity index (χ3v) is 6.15. The topological polar surface area (TPSA) is 47.0 Å². The molecule has 1 unspecified atom stereocenters. The van der Waals surface area contributed by atoms with Gasteiger partial charge in [-0.25, -0.2) is 4.98 Å². The van der Waals surface area contributed by atoms with Crippen molar-refractivity contribution in [3.05, 3.63) is 46.4 Å². The van der Waals surface area contributed by atoms with Crippen LogP contribution < -0.4 is 10.2 Å². The third-order valence-electron chi connectivity index (χ3n) is 5.33. The first-order valence-corrected chi connectivity index (χ1v) is 11.4. The number of anilines is 1. The van der Waals surface area contributed by atoms with Gasteiger partial charge in [-0.05, 0) is 32.9 Å². The fraction of sp³-hybridized carbons (Fsp3) is 0.545. The first-order chi connectivity index (χ1) is 14.1. The first kappa shape index (κ1) is 24.9. The molecule has 1 aromatic carbocycles. The lowest BCUT2D eigenvalue weighted by molar-refractivity contribution is 0.201. The van der Waals surface area contributed by atoms with Gasteiger partial charge < -0.3 is 15.1 Å². The Labute approximate surface area is 202 Å². The van der Waals surface area contributed by atoms with E-state index in [2.05, 4.69) is 81.6 Å². The minimum absolute atomic E-state index is 0. The van der Waals surface area contributed by atoms with Crippen molar-refractivity contribution >= 4 is 47.0 Å². The Morgan fingerprint density at radius 1 is 1.23 bits per heavy atom. The molecule has 1 aromatic heterocycles. The normalized spacial score (nSPS) is 16.1. The number of guanidine groups is 1. The van der Waals surface area contributed by atoms with Crippen molar-refractivity contribution in [2.24, 2.45) is 4.99 Å².